The number of guanidine groups is 1. The highest BCUT2D eigenvalue weighted by Crippen LogP contribution is 2.09. The minimum atomic E-state index is -0.0802. The quantitative estimate of drug-likeness (QED) is 0.287. The largest absolute Gasteiger partial charge is 0.466 e. The van der Waals surface area contributed by atoms with Crippen molar-refractivity contribution in [1.29, 1.82) is 0 Å². The first-order valence-corrected chi connectivity index (χ1v) is 9.65. The van der Waals surface area contributed by atoms with Crippen molar-refractivity contribution in [1.82, 2.24) is 10.2 Å². The van der Waals surface area contributed by atoms with Crippen LogP contribution in [-0.2, 0) is 16.0 Å². The van der Waals surface area contributed by atoms with E-state index in [2.05, 4.69) is 39.8 Å². The first-order valence-electron chi connectivity index (χ1n) is 8.77. The number of esters is 1. The number of aliphatic imine (C=N–C) groups is 1. The molecule has 0 aliphatic heterocycles. The Morgan fingerprint density at radius 1 is 1.33 bits per heavy atom. The summed E-state index contributed by atoms with van der Waals surface area (Å²) in [6.07, 6.45) is 5.75. The lowest BCUT2D eigenvalue weighted by molar-refractivity contribution is -0.143. The summed E-state index contributed by atoms with van der Waals surface area (Å²) < 4.78 is 4.92. The van der Waals surface area contributed by atoms with Gasteiger partial charge in [0.1, 0.15) is 0 Å². The molecule has 0 radical (unpaired) electrons. The van der Waals surface area contributed by atoms with Gasteiger partial charge in [0.05, 0.1) is 6.61 Å². The number of hydrogen-bond donors (Lipinski definition) is 1. The molecule has 0 aliphatic carbocycles. The van der Waals surface area contributed by atoms with Crippen LogP contribution in [0.5, 0.6) is 0 Å². The number of hydrogen-bond acceptors (Lipinski definition) is 4. The Bertz CT molecular complexity index is 475. The summed E-state index contributed by atoms with van der Waals surface area (Å²) >= 11 is 1.80. The fourth-order valence-corrected chi connectivity index (χ4v) is 3.10. The van der Waals surface area contributed by atoms with E-state index in [1.54, 1.807) is 11.3 Å². The molecular weight excluding hydrogens is 322 g/mol. The van der Waals surface area contributed by atoms with E-state index in [1.165, 1.54) is 4.88 Å². The fraction of sp³-hybridized carbons (Fsp3) is 0.667. The minimum Gasteiger partial charge on any atom is -0.466 e. The van der Waals surface area contributed by atoms with Crippen LogP contribution < -0.4 is 5.32 Å². The number of carbonyl (C=O) groups excluding carboxylic acids is 1. The molecule has 0 aliphatic rings. The van der Waals surface area contributed by atoms with Crippen LogP contribution in [0.25, 0.3) is 0 Å². The molecule has 0 atom stereocenters. The summed E-state index contributed by atoms with van der Waals surface area (Å²) in [7, 11) is 3.89. The van der Waals surface area contributed by atoms with Crippen LogP contribution in [0.1, 0.15) is 43.9 Å². The van der Waals surface area contributed by atoms with E-state index in [0.29, 0.717) is 13.0 Å². The lowest BCUT2D eigenvalue weighted by Crippen LogP contribution is -2.40. The molecule has 24 heavy (non-hydrogen) atoms. The number of nitrogens with zero attached hydrogens (tertiary/aromatic N) is 2. The SMILES string of the molecule is CCOC(=O)CCCCCCNC(=NC)N(C)CCc1cccs1. The van der Waals surface area contributed by atoms with Gasteiger partial charge in [0.2, 0.25) is 0 Å². The van der Waals surface area contributed by atoms with Crippen molar-refractivity contribution in [2.45, 2.75) is 45.4 Å². The molecule has 1 rings (SSSR count). The number of carbonyl (C=O) groups is 1. The molecule has 0 bridgehead atoms. The molecule has 0 fully saturated rings. The number of rotatable bonds is 11. The van der Waals surface area contributed by atoms with Crippen LogP contribution >= 0.6 is 11.3 Å². The highest BCUT2D eigenvalue weighted by atomic mass is 32.1. The lowest BCUT2D eigenvalue weighted by atomic mass is 10.1. The number of nitrogens with one attached hydrogen (secondary N) is 1. The van der Waals surface area contributed by atoms with E-state index in [1.807, 2.05) is 14.0 Å². The second-order valence-corrected chi connectivity index (χ2v) is 6.73. The van der Waals surface area contributed by atoms with Crippen molar-refractivity contribution in [2.24, 2.45) is 4.99 Å². The van der Waals surface area contributed by atoms with Gasteiger partial charge in [-0.15, -0.1) is 11.3 Å². The zero-order chi connectivity index (χ0) is 17.6. The summed E-state index contributed by atoms with van der Waals surface area (Å²) in [5.74, 6) is 0.862. The predicted octanol–water partition coefficient (Wildman–Crippen LogP) is 3.31. The van der Waals surface area contributed by atoms with Crippen molar-refractivity contribution in [3.8, 4) is 0 Å². The van der Waals surface area contributed by atoms with E-state index in [4.69, 9.17) is 4.74 Å². The van der Waals surface area contributed by atoms with Crippen LogP contribution in [0, 0.1) is 0 Å². The van der Waals surface area contributed by atoms with Crippen LogP contribution in [0.4, 0.5) is 0 Å². The number of ether oxygens (including phenoxy) is 1. The second kappa shape index (κ2) is 12.8. The van der Waals surface area contributed by atoms with Gasteiger partial charge in [-0.05, 0) is 37.6 Å². The average molecular weight is 354 g/mol. The van der Waals surface area contributed by atoms with Gasteiger partial charge in [0.25, 0.3) is 0 Å². The molecule has 0 amide bonds. The molecule has 1 N–H and O–H groups in total. The summed E-state index contributed by atoms with van der Waals surface area (Å²) in [4.78, 5) is 19.1. The van der Waals surface area contributed by atoms with Crippen LogP contribution in [0.2, 0.25) is 0 Å². The second-order valence-electron chi connectivity index (χ2n) is 5.69. The zero-order valence-electron chi connectivity index (χ0n) is 15.2. The van der Waals surface area contributed by atoms with Gasteiger partial charge in [-0.3, -0.25) is 9.79 Å². The summed E-state index contributed by atoms with van der Waals surface area (Å²) in [6, 6.07) is 4.26. The van der Waals surface area contributed by atoms with Gasteiger partial charge in [-0.1, -0.05) is 18.9 Å². The highest BCUT2D eigenvalue weighted by molar-refractivity contribution is 7.09. The molecule has 1 aromatic heterocycles. The van der Waals surface area contributed by atoms with E-state index in [9.17, 15) is 4.79 Å². The smallest absolute Gasteiger partial charge is 0.305 e. The Kier molecular flexibility index (Phi) is 10.9. The summed E-state index contributed by atoms with van der Waals surface area (Å²) in [5.41, 5.74) is 0. The van der Waals surface area contributed by atoms with Crippen LogP contribution in [0.15, 0.2) is 22.5 Å². The molecule has 6 heteroatoms. The van der Waals surface area contributed by atoms with Gasteiger partial charge in [-0.2, -0.15) is 0 Å². The summed E-state index contributed by atoms with van der Waals surface area (Å²) in [5, 5.41) is 5.52. The first-order chi connectivity index (χ1) is 11.7. The topological polar surface area (TPSA) is 53.9 Å². The average Bonchev–Trinajstić information content (AvgIpc) is 3.09. The first kappa shape index (κ1) is 20.5. The molecule has 0 saturated carbocycles. The maximum atomic E-state index is 11.2. The number of unbranched alkanes of at least 4 members (excludes halogenated alkanes) is 3. The van der Waals surface area contributed by atoms with Crippen molar-refractivity contribution in [2.75, 3.05) is 33.8 Å². The van der Waals surface area contributed by atoms with Crippen molar-refractivity contribution in [3.63, 3.8) is 0 Å². The molecule has 1 heterocycles. The fourth-order valence-electron chi connectivity index (χ4n) is 2.40. The third kappa shape index (κ3) is 8.91. The molecule has 0 unspecified atom stereocenters. The van der Waals surface area contributed by atoms with E-state index in [0.717, 1.165) is 51.2 Å². The molecule has 0 saturated heterocycles. The van der Waals surface area contributed by atoms with Crippen LogP contribution in [0.3, 0.4) is 0 Å². The lowest BCUT2D eigenvalue weighted by Gasteiger charge is -2.21. The Morgan fingerprint density at radius 3 is 2.79 bits per heavy atom. The molecule has 0 spiro atoms. The third-order valence-electron chi connectivity index (χ3n) is 3.74. The Labute approximate surface area is 150 Å². The Hall–Kier alpha value is -1.56. The zero-order valence-corrected chi connectivity index (χ0v) is 16.0. The minimum absolute atomic E-state index is 0.0802. The normalized spacial score (nSPS) is 11.4. The van der Waals surface area contributed by atoms with E-state index in [-0.39, 0.29) is 5.97 Å². The molecule has 5 nitrogen and oxygen atoms in total. The van der Waals surface area contributed by atoms with Gasteiger partial charge in [0, 0.05) is 38.5 Å². The number of likely N-dealkylation sites (N-methyl/N-ethyl adjacent to an activating group) is 1. The van der Waals surface area contributed by atoms with Crippen molar-refractivity contribution >= 4 is 23.3 Å². The summed E-state index contributed by atoms with van der Waals surface area (Å²) in [6.45, 7) is 4.19. The third-order valence-corrected chi connectivity index (χ3v) is 4.68. The maximum Gasteiger partial charge on any atom is 0.305 e. The van der Waals surface area contributed by atoms with Crippen LogP contribution in [-0.4, -0.2) is 50.6 Å². The van der Waals surface area contributed by atoms with Gasteiger partial charge < -0.3 is 15.0 Å². The van der Waals surface area contributed by atoms with Crippen molar-refractivity contribution < 1.29 is 9.53 Å². The molecule has 1 aromatic rings. The van der Waals surface area contributed by atoms with E-state index < -0.39 is 0 Å². The monoisotopic (exact) mass is 353 g/mol. The van der Waals surface area contributed by atoms with Gasteiger partial charge in [-0.25, -0.2) is 0 Å². The van der Waals surface area contributed by atoms with E-state index >= 15 is 0 Å². The Morgan fingerprint density at radius 2 is 2.12 bits per heavy atom. The number of thiophene rings is 1. The highest BCUT2D eigenvalue weighted by Gasteiger charge is 2.06. The van der Waals surface area contributed by atoms with Gasteiger partial charge in [0.15, 0.2) is 5.96 Å². The van der Waals surface area contributed by atoms with Crippen molar-refractivity contribution in [3.05, 3.63) is 22.4 Å². The van der Waals surface area contributed by atoms with Gasteiger partial charge >= 0.3 is 5.97 Å². The predicted molar refractivity (Wildman–Crippen MR) is 102 cm³/mol. The Balaban J connectivity index is 2.08. The molecular formula is C18H31N3O2S. The maximum absolute atomic E-state index is 11.2. The molecule has 136 valence electrons. The molecule has 0 aromatic carbocycles. The standard InChI is InChI=1S/C18H31N3O2S/c1-4-23-17(22)11-7-5-6-8-13-20-18(19-2)21(3)14-12-16-10-9-15-24-16/h9-10,15H,4-8,11-14H2,1-3H3,(H,19,20).